The summed E-state index contributed by atoms with van der Waals surface area (Å²) in [4.78, 5) is 12.1. The van der Waals surface area contributed by atoms with E-state index in [-0.39, 0.29) is 29.8 Å². The SMILES string of the molecule is CC(NC(=O)CCNS(=O)(=O)c1cccc(Cl)c1)c1ccc(Br)cc1. The van der Waals surface area contributed by atoms with Crippen molar-refractivity contribution in [2.75, 3.05) is 6.54 Å². The van der Waals surface area contributed by atoms with E-state index < -0.39 is 10.0 Å². The Balaban J connectivity index is 1.84. The largest absolute Gasteiger partial charge is 0.350 e. The zero-order chi connectivity index (χ0) is 18.4. The van der Waals surface area contributed by atoms with Crippen LogP contribution in [0, 0.1) is 0 Å². The molecule has 2 aromatic rings. The highest BCUT2D eigenvalue weighted by Crippen LogP contribution is 2.17. The summed E-state index contributed by atoms with van der Waals surface area (Å²) < 4.78 is 27.6. The summed E-state index contributed by atoms with van der Waals surface area (Å²) >= 11 is 9.16. The van der Waals surface area contributed by atoms with Gasteiger partial charge in [0.25, 0.3) is 0 Å². The van der Waals surface area contributed by atoms with Gasteiger partial charge in [-0.3, -0.25) is 4.79 Å². The molecule has 8 heteroatoms. The summed E-state index contributed by atoms with van der Waals surface area (Å²) in [5.41, 5.74) is 0.969. The second-order valence-corrected chi connectivity index (χ2v) is 8.56. The molecule has 0 saturated heterocycles. The van der Waals surface area contributed by atoms with E-state index in [0.717, 1.165) is 10.0 Å². The topological polar surface area (TPSA) is 75.3 Å². The molecule has 0 aromatic heterocycles. The molecule has 0 saturated carbocycles. The lowest BCUT2D eigenvalue weighted by Crippen LogP contribution is -2.32. The Morgan fingerprint density at radius 2 is 1.88 bits per heavy atom. The molecule has 1 unspecified atom stereocenters. The van der Waals surface area contributed by atoms with E-state index in [1.165, 1.54) is 12.1 Å². The maximum atomic E-state index is 12.1. The first-order valence-corrected chi connectivity index (χ1v) is 10.2. The number of sulfonamides is 1. The van der Waals surface area contributed by atoms with Crippen LogP contribution in [0.4, 0.5) is 0 Å². The Labute approximate surface area is 161 Å². The van der Waals surface area contributed by atoms with E-state index in [9.17, 15) is 13.2 Å². The molecule has 0 fully saturated rings. The van der Waals surface area contributed by atoms with Crippen LogP contribution in [0.25, 0.3) is 0 Å². The van der Waals surface area contributed by atoms with Crippen LogP contribution in [-0.4, -0.2) is 20.9 Å². The van der Waals surface area contributed by atoms with Crippen LogP contribution in [0.1, 0.15) is 24.9 Å². The van der Waals surface area contributed by atoms with Crippen molar-refractivity contribution in [2.45, 2.75) is 24.3 Å². The molecule has 0 radical (unpaired) electrons. The van der Waals surface area contributed by atoms with Gasteiger partial charge in [0.1, 0.15) is 0 Å². The molecule has 2 N–H and O–H groups in total. The molecule has 0 heterocycles. The minimum absolute atomic E-state index is 0.00768. The van der Waals surface area contributed by atoms with E-state index in [4.69, 9.17) is 11.6 Å². The third kappa shape index (κ3) is 6.11. The standard InChI is InChI=1S/C17H18BrClN2O3S/c1-12(13-5-7-14(18)8-6-13)21-17(22)9-10-20-25(23,24)16-4-2-3-15(19)11-16/h2-8,11-12,20H,9-10H2,1H3,(H,21,22). The minimum Gasteiger partial charge on any atom is -0.350 e. The lowest BCUT2D eigenvalue weighted by atomic mass is 10.1. The number of hydrogen-bond donors (Lipinski definition) is 2. The molecule has 25 heavy (non-hydrogen) atoms. The van der Waals surface area contributed by atoms with Gasteiger partial charge in [0.05, 0.1) is 10.9 Å². The predicted octanol–water partition coefficient (Wildman–Crippen LogP) is 3.65. The van der Waals surface area contributed by atoms with Crippen molar-refractivity contribution in [3.63, 3.8) is 0 Å². The van der Waals surface area contributed by atoms with Gasteiger partial charge in [-0.2, -0.15) is 0 Å². The maximum Gasteiger partial charge on any atom is 0.240 e. The van der Waals surface area contributed by atoms with Gasteiger partial charge in [0.2, 0.25) is 15.9 Å². The molecule has 2 aromatic carbocycles. The molecule has 1 amide bonds. The fourth-order valence-electron chi connectivity index (χ4n) is 2.16. The summed E-state index contributed by atoms with van der Waals surface area (Å²) in [5, 5.41) is 3.18. The van der Waals surface area contributed by atoms with Gasteiger partial charge in [-0.25, -0.2) is 13.1 Å². The van der Waals surface area contributed by atoms with Crippen LogP contribution in [0.5, 0.6) is 0 Å². The van der Waals surface area contributed by atoms with Crippen molar-refractivity contribution in [2.24, 2.45) is 0 Å². The van der Waals surface area contributed by atoms with Crippen LogP contribution in [0.15, 0.2) is 57.9 Å². The number of amides is 1. The van der Waals surface area contributed by atoms with Gasteiger partial charge in [-0.05, 0) is 42.8 Å². The molecular formula is C17H18BrClN2O3S. The Kier molecular flexibility index (Phi) is 7.01. The van der Waals surface area contributed by atoms with Crippen molar-refractivity contribution in [3.05, 3.63) is 63.6 Å². The smallest absolute Gasteiger partial charge is 0.240 e. The Bertz CT molecular complexity index is 841. The van der Waals surface area contributed by atoms with Crippen LogP contribution in [-0.2, 0) is 14.8 Å². The minimum atomic E-state index is -3.68. The fraction of sp³-hybridized carbons (Fsp3) is 0.235. The van der Waals surface area contributed by atoms with E-state index in [1.807, 2.05) is 31.2 Å². The van der Waals surface area contributed by atoms with Crippen LogP contribution in [0.2, 0.25) is 5.02 Å². The summed E-state index contributed by atoms with van der Waals surface area (Å²) in [6.45, 7) is 1.88. The summed E-state index contributed by atoms with van der Waals surface area (Å²) in [6, 6.07) is 13.4. The quantitative estimate of drug-likeness (QED) is 0.683. The van der Waals surface area contributed by atoms with E-state index in [1.54, 1.807) is 12.1 Å². The molecule has 0 aliphatic heterocycles. The molecule has 0 aliphatic carbocycles. The van der Waals surface area contributed by atoms with Crippen molar-refractivity contribution in [1.29, 1.82) is 0 Å². The summed E-state index contributed by atoms with van der Waals surface area (Å²) in [6.07, 6.45) is 0.0423. The average molecular weight is 446 g/mol. The highest BCUT2D eigenvalue weighted by atomic mass is 79.9. The molecule has 0 aliphatic rings. The lowest BCUT2D eigenvalue weighted by Gasteiger charge is -2.14. The molecule has 134 valence electrons. The fourth-order valence-corrected chi connectivity index (χ4v) is 3.76. The monoisotopic (exact) mass is 444 g/mol. The number of rotatable bonds is 7. The molecule has 2 rings (SSSR count). The molecule has 0 spiro atoms. The maximum absolute atomic E-state index is 12.1. The second-order valence-electron chi connectivity index (χ2n) is 5.45. The Hall–Kier alpha value is -1.41. The summed E-state index contributed by atoms with van der Waals surface area (Å²) in [7, 11) is -3.68. The first kappa shape index (κ1) is 19.9. The number of halogens is 2. The highest BCUT2D eigenvalue weighted by Gasteiger charge is 2.15. The average Bonchev–Trinajstić information content (AvgIpc) is 2.55. The van der Waals surface area contributed by atoms with Gasteiger partial charge >= 0.3 is 0 Å². The van der Waals surface area contributed by atoms with Gasteiger partial charge in [0, 0.05) is 22.5 Å². The van der Waals surface area contributed by atoms with Crippen LogP contribution < -0.4 is 10.0 Å². The molecule has 0 bridgehead atoms. The third-order valence-electron chi connectivity index (χ3n) is 3.50. The van der Waals surface area contributed by atoms with Crippen LogP contribution >= 0.6 is 27.5 Å². The summed E-state index contributed by atoms with van der Waals surface area (Å²) in [5.74, 6) is -0.232. The van der Waals surface area contributed by atoms with Crippen molar-refractivity contribution < 1.29 is 13.2 Å². The van der Waals surface area contributed by atoms with Gasteiger partial charge in [0.15, 0.2) is 0 Å². The number of nitrogens with one attached hydrogen (secondary N) is 2. The Morgan fingerprint density at radius 1 is 1.20 bits per heavy atom. The number of hydrogen-bond acceptors (Lipinski definition) is 3. The van der Waals surface area contributed by atoms with Crippen molar-refractivity contribution >= 4 is 43.5 Å². The normalized spacial score (nSPS) is 12.6. The zero-order valence-corrected chi connectivity index (χ0v) is 16.7. The van der Waals surface area contributed by atoms with Crippen LogP contribution in [0.3, 0.4) is 0 Å². The van der Waals surface area contributed by atoms with E-state index in [0.29, 0.717) is 5.02 Å². The van der Waals surface area contributed by atoms with E-state index in [2.05, 4.69) is 26.0 Å². The zero-order valence-electron chi connectivity index (χ0n) is 13.5. The predicted molar refractivity (Wildman–Crippen MR) is 102 cm³/mol. The first-order valence-electron chi connectivity index (χ1n) is 7.58. The molecular weight excluding hydrogens is 428 g/mol. The molecule has 1 atom stereocenters. The molecule has 5 nitrogen and oxygen atoms in total. The first-order chi connectivity index (χ1) is 11.8. The van der Waals surface area contributed by atoms with Gasteiger partial charge in [-0.1, -0.05) is 45.7 Å². The van der Waals surface area contributed by atoms with Crippen molar-refractivity contribution in [1.82, 2.24) is 10.0 Å². The third-order valence-corrected chi connectivity index (χ3v) is 5.72. The van der Waals surface area contributed by atoms with Crippen molar-refractivity contribution in [3.8, 4) is 0 Å². The number of benzene rings is 2. The van der Waals surface area contributed by atoms with Gasteiger partial charge in [-0.15, -0.1) is 0 Å². The second kappa shape index (κ2) is 8.80. The lowest BCUT2D eigenvalue weighted by molar-refractivity contribution is -0.121. The van der Waals surface area contributed by atoms with Gasteiger partial charge < -0.3 is 5.32 Å². The number of carbonyl (C=O) groups is 1. The number of carbonyl (C=O) groups excluding carboxylic acids is 1. The van der Waals surface area contributed by atoms with E-state index >= 15 is 0 Å². The Morgan fingerprint density at radius 3 is 2.52 bits per heavy atom. The highest BCUT2D eigenvalue weighted by molar-refractivity contribution is 9.10.